The highest BCUT2D eigenvalue weighted by Gasteiger charge is 2.10. The maximum atomic E-state index is 12.3. The molecule has 4 heteroatoms. The Morgan fingerprint density at radius 3 is 2.90 bits per heavy atom. The number of rotatable bonds is 3. The van der Waals surface area contributed by atoms with Crippen LogP contribution in [0.25, 0.3) is 10.9 Å². The van der Waals surface area contributed by atoms with E-state index in [-0.39, 0.29) is 5.91 Å². The molecule has 0 spiro atoms. The first-order valence-electron chi connectivity index (χ1n) is 6.55. The second-order valence-corrected chi connectivity index (χ2v) is 6.22. The third-order valence-electron chi connectivity index (χ3n) is 3.48. The van der Waals surface area contributed by atoms with Crippen molar-refractivity contribution < 1.29 is 4.79 Å². The molecule has 0 aliphatic rings. The van der Waals surface area contributed by atoms with E-state index in [1.165, 1.54) is 15.3 Å². The lowest BCUT2D eigenvalue weighted by Crippen LogP contribution is -2.22. The molecule has 3 aromatic rings. The van der Waals surface area contributed by atoms with E-state index in [1.807, 2.05) is 30.5 Å². The zero-order valence-electron chi connectivity index (χ0n) is 11.5. The lowest BCUT2D eigenvalue weighted by atomic mass is 10.1. The number of benzene rings is 1. The van der Waals surface area contributed by atoms with E-state index in [0.29, 0.717) is 12.1 Å². The van der Waals surface area contributed by atoms with Gasteiger partial charge in [0.15, 0.2) is 0 Å². The largest absolute Gasteiger partial charge is 0.361 e. The van der Waals surface area contributed by atoms with Crippen molar-refractivity contribution in [3.63, 3.8) is 0 Å². The van der Waals surface area contributed by atoms with E-state index in [0.717, 1.165) is 10.9 Å². The number of amides is 1. The van der Waals surface area contributed by atoms with Gasteiger partial charge in [0.05, 0.1) is 6.54 Å². The van der Waals surface area contributed by atoms with Gasteiger partial charge in [0.25, 0.3) is 5.91 Å². The Kier molecular flexibility index (Phi) is 3.32. The highest BCUT2D eigenvalue weighted by atomic mass is 32.1. The molecule has 3 rings (SSSR count). The van der Waals surface area contributed by atoms with E-state index in [4.69, 9.17) is 0 Å². The number of aromatic amines is 1. The minimum Gasteiger partial charge on any atom is -0.361 e. The molecule has 0 saturated heterocycles. The first-order chi connectivity index (χ1) is 9.65. The number of hydrogen-bond acceptors (Lipinski definition) is 2. The highest BCUT2D eigenvalue weighted by molar-refractivity contribution is 7.12. The van der Waals surface area contributed by atoms with Gasteiger partial charge in [0, 0.05) is 32.4 Å². The smallest absolute Gasteiger partial charge is 0.252 e. The van der Waals surface area contributed by atoms with Crippen molar-refractivity contribution in [1.82, 2.24) is 10.3 Å². The maximum Gasteiger partial charge on any atom is 0.252 e. The number of hydrogen-bond donors (Lipinski definition) is 2. The van der Waals surface area contributed by atoms with Crippen LogP contribution < -0.4 is 5.32 Å². The fourth-order valence-electron chi connectivity index (χ4n) is 2.28. The number of carbonyl (C=O) groups is 1. The molecule has 0 bridgehead atoms. The Hall–Kier alpha value is -2.07. The number of H-pyrrole nitrogens is 1. The van der Waals surface area contributed by atoms with Crippen LogP contribution in [0.4, 0.5) is 0 Å². The summed E-state index contributed by atoms with van der Waals surface area (Å²) in [4.78, 5) is 17.9. The molecular weight excluding hydrogens is 268 g/mol. The van der Waals surface area contributed by atoms with Gasteiger partial charge in [-0.3, -0.25) is 4.79 Å². The van der Waals surface area contributed by atoms with Gasteiger partial charge < -0.3 is 10.3 Å². The molecule has 20 heavy (non-hydrogen) atoms. The standard InChI is InChI=1S/C16H16N2OS/c1-10-8-12(20-11(10)2)9-18-16(19)14-4-3-5-15-13(14)6-7-17-15/h3-8,17H,9H2,1-2H3,(H,18,19). The number of thiophene rings is 1. The summed E-state index contributed by atoms with van der Waals surface area (Å²) < 4.78 is 0. The van der Waals surface area contributed by atoms with Crippen LogP contribution in [0.3, 0.4) is 0 Å². The predicted molar refractivity (Wildman–Crippen MR) is 83.3 cm³/mol. The quantitative estimate of drug-likeness (QED) is 0.755. The van der Waals surface area contributed by atoms with Crippen LogP contribution >= 0.6 is 11.3 Å². The van der Waals surface area contributed by atoms with Crippen LogP contribution in [0, 0.1) is 13.8 Å². The monoisotopic (exact) mass is 284 g/mol. The molecule has 2 heterocycles. The van der Waals surface area contributed by atoms with Gasteiger partial charge in [-0.1, -0.05) is 6.07 Å². The molecule has 102 valence electrons. The molecule has 0 radical (unpaired) electrons. The number of aryl methyl sites for hydroxylation is 2. The molecule has 3 nitrogen and oxygen atoms in total. The fourth-order valence-corrected chi connectivity index (χ4v) is 3.28. The fraction of sp³-hybridized carbons (Fsp3) is 0.188. The van der Waals surface area contributed by atoms with E-state index >= 15 is 0 Å². The molecule has 0 unspecified atom stereocenters. The van der Waals surface area contributed by atoms with Crippen LogP contribution in [0.1, 0.15) is 25.7 Å². The van der Waals surface area contributed by atoms with Crippen molar-refractivity contribution in [2.45, 2.75) is 20.4 Å². The number of nitrogens with one attached hydrogen (secondary N) is 2. The summed E-state index contributed by atoms with van der Waals surface area (Å²) in [5.41, 5.74) is 2.99. The highest BCUT2D eigenvalue weighted by Crippen LogP contribution is 2.21. The molecule has 0 aliphatic heterocycles. The summed E-state index contributed by atoms with van der Waals surface area (Å²) in [5, 5.41) is 3.96. The van der Waals surface area contributed by atoms with Gasteiger partial charge in [-0.2, -0.15) is 0 Å². The number of carbonyl (C=O) groups excluding carboxylic acids is 1. The average Bonchev–Trinajstić information content (AvgIpc) is 3.03. The SMILES string of the molecule is Cc1cc(CNC(=O)c2cccc3[nH]ccc23)sc1C. The number of fused-ring (bicyclic) bond motifs is 1. The topological polar surface area (TPSA) is 44.9 Å². The van der Waals surface area contributed by atoms with E-state index in [1.54, 1.807) is 11.3 Å². The Morgan fingerprint density at radius 1 is 1.30 bits per heavy atom. The minimum absolute atomic E-state index is 0.0288. The molecule has 1 aromatic carbocycles. The minimum atomic E-state index is -0.0288. The van der Waals surface area contributed by atoms with Crippen molar-refractivity contribution in [2.75, 3.05) is 0 Å². The molecule has 2 N–H and O–H groups in total. The van der Waals surface area contributed by atoms with Gasteiger partial charge in [0.1, 0.15) is 0 Å². The van der Waals surface area contributed by atoms with Crippen LogP contribution in [0.5, 0.6) is 0 Å². The van der Waals surface area contributed by atoms with E-state index in [9.17, 15) is 4.79 Å². The van der Waals surface area contributed by atoms with Gasteiger partial charge in [-0.15, -0.1) is 11.3 Å². The lowest BCUT2D eigenvalue weighted by Gasteiger charge is -2.05. The summed E-state index contributed by atoms with van der Waals surface area (Å²) in [6.45, 7) is 4.78. The zero-order valence-corrected chi connectivity index (χ0v) is 12.3. The third-order valence-corrected chi connectivity index (χ3v) is 4.63. The molecule has 0 saturated carbocycles. The Labute approximate surface area is 121 Å². The van der Waals surface area contributed by atoms with Gasteiger partial charge in [-0.05, 0) is 43.7 Å². The van der Waals surface area contributed by atoms with Crippen molar-refractivity contribution >= 4 is 28.1 Å². The van der Waals surface area contributed by atoms with Gasteiger partial charge in [-0.25, -0.2) is 0 Å². The zero-order chi connectivity index (χ0) is 14.1. The van der Waals surface area contributed by atoms with Crippen molar-refractivity contribution in [3.05, 3.63) is 57.4 Å². The Bertz CT molecular complexity index is 750. The van der Waals surface area contributed by atoms with Crippen LogP contribution in [-0.4, -0.2) is 10.9 Å². The Morgan fingerprint density at radius 2 is 2.15 bits per heavy atom. The molecular formula is C16H16N2OS. The molecule has 0 atom stereocenters. The van der Waals surface area contributed by atoms with Crippen molar-refractivity contribution in [3.8, 4) is 0 Å². The van der Waals surface area contributed by atoms with Crippen molar-refractivity contribution in [2.24, 2.45) is 0 Å². The van der Waals surface area contributed by atoms with Crippen molar-refractivity contribution in [1.29, 1.82) is 0 Å². The first-order valence-corrected chi connectivity index (χ1v) is 7.37. The van der Waals surface area contributed by atoms with Crippen LogP contribution in [0.2, 0.25) is 0 Å². The lowest BCUT2D eigenvalue weighted by molar-refractivity contribution is 0.0953. The summed E-state index contributed by atoms with van der Waals surface area (Å²) in [7, 11) is 0. The van der Waals surface area contributed by atoms with E-state index < -0.39 is 0 Å². The molecule has 0 fully saturated rings. The van der Waals surface area contributed by atoms with E-state index in [2.05, 4.69) is 30.2 Å². The normalized spacial score (nSPS) is 10.9. The van der Waals surface area contributed by atoms with Gasteiger partial charge >= 0.3 is 0 Å². The summed E-state index contributed by atoms with van der Waals surface area (Å²) in [5.74, 6) is -0.0288. The summed E-state index contributed by atoms with van der Waals surface area (Å²) >= 11 is 1.74. The second-order valence-electron chi connectivity index (χ2n) is 4.88. The molecule has 0 aliphatic carbocycles. The van der Waals surface area contributed by atoms with Crippen LogP contribution in [-0.2, 0) is 6.54 Å². The summed E-state index contributed by atoms with van der Waals surface area (Å²) in [6.07, 6.45) is 1.85. The predicted octanol–water partition coefficient (Wildman–Crippen LogP) is 3.78. The Balaban J connectivity index is 1.78. The molecule has 1 amide bonds. The molecule has 2 aromatic heterocycles. The number of aromatic nitrogens is 1. The first kappa shape index (κ1) is 12.9. The second kappa shape index (κ2) is 5.13. The summed E-state index contributed by atoms with van der Waals surface area (Å²) in [6, 6.07) is 9.79. The van der Waals surface area contributed by atoms with Gasteiger partial charge in [0.2, 0.25) is 0 Å². The third kappa shape index (κ3) is 2.34. The average molecular weight is 284 g/mol. The van der Waals surface area contributed by atoms with Crippen LogP contribution in [0.15, 0.2) is 36.5 Å². The maximum absolute atomic E-state index is 12.3.